The second kappa shape index (κ2) is 6.90. The number of cyclic esters (lactones) is 1. The predicted octanol–water partition coefficient (Wildman–Crippen LogP) is 4.33. The minimum Gasteiger partial charge on any atom is -0.491 e. The predicted molar refractivity (Wildman–Crippen MR) is 99.1 cm³/mol. The Hall–Kier alpha value is -3.09. The molecule has 2 heterocycles. The highest BCUT2D eigenvalue weighted by molar-refractivity contribution is 5.93. The summed E-state index contributed by atoms with van der Waals surface area (Å²) >= 11 is 0. The number of carbonyl (C=O) groups excluding carboxylic acids is 1. The third-order valence-corrected chi connectivity index (χ3v) is 4.64. The number of H-pyrrole nitrogens is 1. The molecule has 1 aromatic heterocycles. The normalized spacial score (nSPS) is 20.3. The van der Waals surface area contributed by atoms with Crippen molar-refractivity contribution in [2.75, 3.05) is 6.54 Å². The summed E-state index contributed by atoms with van der Waals surface area (Å²) in [7, 11) is 0. The van der Waals surface area contributed by atoms with Crippen molar-refractivity contribution in [3.8, 4) is 17.0 Å². The second-order valence-corrected chi connectivity index (χ2v) is 6.74. The van der Waals surface area contributed by atoms with E-state index in [1.807, 2.05) is 25.1 Å². The number of hydrogen-bond donors (Lipinski definition) is 2. The smallest absolute Gasteiger partial charge is 0.407 e. The molecule has 4 rings (SSSR count). The van der Waals surface area contributed by atoms with Crippen LogP contribution in [0.3, 0.4) is 0 Å². The van der Waals surface area contributed by atoms with E-state index in [2.05, 4.69) is 15.5 Å². The molecule has 0 radical (unpaired) electrons. The van der Waals surface area contributed by atoms with Crippen molar-refractivity contribution in [1.29, 1.82) is 0 Å². The number of fused-ring (bicyclic) bond motifs is 4. The van der Waals surface area contributed by atoms with Crippen molar-refractivity contribution < 1.29 is 18.7 Å². The van der Waals surface area contributed by atoms with Crippen LogP contribution in [0.4, 0.5) is 9.18 Å². The first-order chi connectivity index (χ1) is 13.0. The number of carbonyl (C=O) groups is 1. The van der Waals surface area contributed by atoms with Gasteiger partial charge in [-0.25, -0.2) is 9.18 Å². The fraction of sp³-hybridized carbons (Fsp3) is 0.300. The molecule has 0 saturated heterocycles. The van der Waals surface area contributed by atoms with E-state index in [1.165, 1.54) is 12.1 Å². The summed E-state index contributed by atoms with van der Waals surface area (Å²) < 4.78 is 25.6. The Kier molecular flexibility index (Phi) is 4.43. The largest absolute Gasteiger partial charge is 0.491 e. The van der Waals surface area contributed by atoms with Crippen molar-refractivity contribution in [3.05, 3.63) is 47.8 Å². The molecular formula is C20H20FN3O3. The van der Waals surface area contributed by atoms with E-state index >= 15 is 0 Å². The third kappa shape index (κ3) is 3.58. The van der Waals surface area contributed by atoms with Crippen LogP contribution in [-0.2, 0) is 4.74 Å². The molecule has 7 heteroatoms. The number of hydrogen-bond acceptors (Lipinski definition) is 4. The number of amides is 1. The van der Waals surface area contributed by atoms with Crippen LogP contribution in [0, 0.1) is 5.82 Å². The van der Waals surface area contributed by atoms with E-state index in [0.717, 1.165) is 10.9 Å². The van der Waals surface area contributed by atoms with E-state index in [9.17, 15) is 9.18 Å². The van der Waals surface area contributed by atoms with Crippen LogP contribution in [0.5, 0.6) is 5.75 Å². The van der Waals surface area contributed by atoms with Gasteiger partial charge in [-0.1, -0.05) is 0 Å². The summed E-state index contributed by atoms with van der Waals surface area (Å²) in [6.07, 6.45) is -0.612. The molecule has 0 spiro atoms. The summed E-state index contributed by atoms with van der Waals surface area (Å²) in [5.74, 6) is 0.278. The molecule has 4 bridgehead atoms. The molecule has 1 aliphatic heterocycles. The van der Waals surface area contributed by atoms with Crippen molar-refractivity contribution in [1.82, 2.24) is 15.5 Å². The fourth-order valence-electron chi connectivity index (χ4n) is 3.21. The highest BCUT2D eigenvalue weighted by Gasteiger charge is 2.18. The van der Waals surface area contributed by atoms with Crippen molar-refractivity contribution >= 4 is 17.0 Å². The number of aromatic amines is 1. The first kappa shape index (κ1) is 17.3. The molecule has 2 aromatic carbocycles. The van der Waals surface area contributed by atoms with Crippen molar-refractivity contribution in [3.63, 3.8) is 0 Å². The number of halogens is 1. The summed E-state index contributed by atoms with van der Waals surface area (Å²) in [5.41, 5.74) is 2.62. The van der Waals surface area contributed by atoms with Crippen LogP contribution < -0.4 is 10.1 Å². The molecule has 1 amide bonds. The molecule has 0 fully saturated rings. The van der Waals surface area contributed by atoms with Gasteiger partial charge in [-0.05, 0) is 55.8 Å². The van der Waals surface area contributed by atoms with Crippen LogP contribution in [0.25, 0.3) is 22.2 Å². The first-order valence-corrected chi connectivity index (χ1v) is 8.90. The Morgan fingerprint density at radius 3 is 2.85 bits per heavy atom. The summed E-state index contributed by atoms with van der Waals surface area (Å²) in [6, 6.07) is 10.2. The van der Waals surface area contributed by atoms with Gasteiger partial charge in [0.15, 0.2) is 0 Å². The number of nitrogens with one attached hydrogen (secondary N) is 2. The van der Waals surface area contributed by atoms with Gasteiger partial charge in [0.1, 0.15) is 23.4 Å². The summed E-state index contributed by atoms with van der Waals surface area (Å²) in [6.45, 7) is 4.07. The highest BCUT2D eigenvalue weighted by atomic mass is 19.1. The molecule has 0 saturated carbocycles. The SMILES string of the molecule is C[C@@H]1CCNC(=O)O[C@H](C)c2cc(F)cc(c2)-c2n[nH]c3ccc(cc23)O1. The zero-order valence-electron chi connectivity index (χ0n) is 15.1. The number of benzene rings is 2. The number of alkyl carbamates (subject to hydrolysis) is 1. The number of nitrogens with zero attached hydrogens (tertiary/aromatic N) is 1. The van der Waals surface area contributed by atoms with Gasteiger partial charge < -0.3 is 14.8 Å². The zero-order valence-corrected chi connectivity index (χ0v) is 15.1. The van der Waals surface area contributed by atoms with Crippen molar-refractivity contribution in [2.45, 2.75) is 32.5 Å². The Balaban J connectivity index is 1.85. The maximum absolute atomic E-state index is 14.3. The van der Waals surface area contributed by atoms with Crippen LogP contribution in [0.1, 0.15) is 31.9 Å². The van der Waals surface area contributed by atoms with Gasteiger partial charge in [-0.3, -0.25) is 5.10 Å². The lowest BCUT2D eigenvalue weighted by Gasteiger charge is -2.17. The second-order valence-electron chi connectivity index (χ2n) is 6.74. The first-order valence-electron chi connectivity index (χ1n) is 8.90. The molecule has 27 heavy (non-hydrogen) atoms. The summed E-state index contributed by atoms with van der Waals surface area (Å²) in [5, 5.41) is 10.9. The van der Waals surface area contributed by atoms with Gasteiger partial charge in [-0.15, -0.1) is 0 Å². The monoisotopic (exact) mass is 369 g/mol. The third-order valence-electron chi connectivity index (χ3n) is 4.64. The van der Waals surface area contributed by atoms with Gasteiger partial charge in [0.25, 0.3) is 0 Å². The van der Waals surface area contributed by atoms with E-state index < -0.39 is 18.0 Å². The molecular weight excluding hydrogens is 349 g/mol. The van der Waals surface area contributed by atoms with Gasteiger partial charge in [-0.2, -0.15) is 5.10 Å². The van der Waals surface area contributed by atoms with Crippen molar-refractivity contribution in [2.24, 2.45) is 0 Å². The lowest BCUT2D eigenvalue weighted by Crippen LogP contribution is -2.29. The van der Waals surface area contributed by atoms with E-state index in [1.54, 1.807) is 13.0 Å². The van der Waals surface area contributed by atoms with E-state index in [4.69, 9.17) is 9.47 Å². The molecule has 0 aliphatic carbocycles. The minimum absolute atomic E-state index is 0.0980. The quantitative estimate of drug-likeness (QED) is 0.618. The van der Waals surface area contributed by atoms with E-state index in [-0.39, 0.29) is 6.10 Å². The van der Waals surface area contributed by atoms with E-state index in [0.29, 0.717) is 35.5 Å². The topological polar surface area (TPSA) is 76.2 Å². The van der Waals surface area contributed by atoms with Gasteiger partial charge >= 0.3 is 6.09 Å². The van der Waals surface area contributed by atoms with Crippen LogP contribution >= 0.6 is 0 Å². The van der Waals surface area contributed by atoms with Crippen LogP contribution in [-0.4, -0.2) is 28.9 Å². The van der Waals surface area contributed by atoms with Gasteiger partial charge in [0.2, 0.25) is 0 Å². The lowest BCUT2D eigenvalue weighted by molar-refractivity contribution is 0.105. The number of rotatable bonds is 0. The molecule has 140 valence electrons. The van der Waals surface area contributed by atoms with Gasteiger partial charge in [0.05, 0.1) is 11.6 Å². The Morgan fingerprint density at radius 2 is 2.00 bits per heavy atom. The maximum atomic E-state index is 14.3. The highest BCUT2D eigenvalue weighted by Crippen LogP contribution is 2.32. The lowest BCUT2D eigenvalue weighted by atomic mass is 10.0. The Bertz CT molecular complexity index is 1000. The molecule has 1 aliphatic rings. The molecule has 2 atom stereocenters. The fourth-order valence-corrected chi connectivity index (χ4v) is 3.21. The standard InChI is InChI=1S/C20H20FN3O3/c1-11-5-6-22-20(25)27-12(2)13-7-14(9-15(21)8-13)19-17-10-16(26-11)3-4-18(17)23-24-19/h3-4,7-12H,5-6H2,1-2H3,(H,22,25)(H,23,24)/t11-,12-/m1/s1. The number of aromatic nitrogens is 2. The average Bonchev–Trinajstić information content (AvgIpc) is 3.03. The average molecular weight is 369 g/mol. The summed E-state index contributed by atoms with van der Waals surface area (Å²) in [4.78, 5) is 12.0. The zero-order chi connectivity index (χ0) is 19.0. The van der Waals surface area contributed by atoms with Gasteiger partial charge in [0, 0.05) is 23.9 Å². The Morgan fingerprint density at radius 1 is 1.15 bits per heavy atom. The van der Waals surface area contributed by atoms with Crippen LogP contribution in [0.15, 0.2) is 36.4 Å². The minimum atomic E-state index is -0.598. The molecule has 2 N–H and O–H groups in total. The Labute approximate surface area is 155 Å². The molecule has 3 aromatic rings. The molecule has 0 unspecified atom stereocenters. The number of ether oxygens (including phenoxy) is 2. The maximum Gasteiger partial charge on any atom is 0.407 e. The van der Waals surface area contributed by atoms with Crippen LogP contribution in [0.2, 0.25) is 0 Å². The molecule has 6 nitrogen and oxygen atoms in total.